The lowest BCUT2D eigenvalue weighted by Crippen LogP contribution is -2.39. The molecule has 2 rings (SSSR count). The minimum absolute atomic E-state index is 0.500. The lowest BCUT2D eigenvalue weighted by molar-refractivity contribution is 0.143. The molecule has 1 aromatic carbocycles. The molecule has 0 bridgehead atoms. The fourth-order valence-electron chi connectivity index (χ4n) is 2.66. The van der Waals surface area contributed by atoms with E-state index >= 15 is 0 Å². The van der Waals surface area contributed by atoms with Gasteiger partial charge >= 0.3 is 0 Å². The Balaban J connectivity index is 2.12. The van der Waals surface area contributed by atoms with Crippen LogP contribution in [-0.4, -0.2) is 35.1 Å². The van der Waals surface area contributed by atoms with Crippen LogP contribution in [0.4, 0.5) is 5.69 Å². The zero-order valence-electron chi connectivity index (χ0n) is 13.3. The van der Waals surface area contributed by atoms with E-state index in [1.54, 1.807) is 6.20 Å². The number of para-hydroxylation sites is 1. The lowest BCUT2D eigenvalue weighted by Gasteiger charge is -2.30. The number of nitrogens with zero attached hydrogens (tertiary/aromatic N) is 2. The fraction of sp³-hybridized carbons (Fsp3) is 0.471. The summed E-state index contributed by atoms with van der Waals surface area (Å²) in [7, 11) is 0. The molecule has 0 aliphatic carbocycles. The summed E-state index contributed by atoms with van der Waals surface area (Å²) in [5.74, 6) is 0.744. The van der Waals surface area contributed by atoms with Crippen LogP contribution in [0.3, 0.4) is 0 Å². The van der Waals surface area contributed by atoms with Gasteiger partial charge in [-0.05, 0) is 39.8 Å². The summed E-state index contributed by atoms with van der Waals surface area (Å²) < 4.78 is 5.97. The van der Waals surface area contributed by atoms with Crippen LogP contribution in [-0.2, 0) is 0 Å². The standard InChI is InChI=1S/C17H25N3O/c1-12(2)20(13(3)4)9-10-21-17-14-7-5-6-8-16(14)19-11-15(17)18/h5-8,11-13H,9-10,18H2,1-4H3. The van der Waals surface area contributed by atoms with Gasteiger partial charge in [0, 0.05) is 24.0 Å². The Morgan fingerprint density at radius 2 is 1.81 bits per heavy atom. The van der Waals surface area contributed by atoms with Gasteiger partial charge in [0.1, 0.15) is 6.61 Å². The monoisotopic (exact) mass is 287 g/mol. The molecule has 2 aromatic rings. The fourth-order valence-corrected chi connectivity index (χ4v) is 2.66. The number of nitrogen functional groups attached to an aromatic ring is 1. The van der Waals surface area contributed by atoms with Crippen LogP contribution in [0.15, 0.2) is 30.5 Å². The summed E-state index contributed by atoms with van der Waals surface area (Å²) in [6, 6.07) is 8.91. The van der Waals surface area contributed by atoms with E-state index < -0.39 is 0 Å². The van der Waals surface area contributed by atoms with Gasteiger partial charge in [0.2, 0.25) is 0 Å². The molecule has 0 amide bonds. The summed E-state index contributed by atoms with van der Waals surface area (Å²) in [6.45, 7) is 10.3. The molecular weight excluding hydrogens is 262 g/mol. The zero-order chi connectivity index (χ0) is 15.4. The first kappa shape index (κ1) is 15.6. The van der Waals surface area contributed by atoms with Crippen molar-refractivity contribution in [2.45, 2.75) is 39.8 Å². The number of hydrogen-bond acceptors (Lipinski definition) is 4. The van der Waals surface area contributed by atoms with Crippen molar-refractivity contribution in [3.05, 3.63) is 30.5 Å². The minimum atomic E-state index is 0.500. The maximum absolute atomic E-state index is 6.02. The number of anilines is 1. The summed E-state index contributed by atoms with van der Waals surface area (Å²) in [4.78, 5) is 6.73. The molecule has 0 saturated carbocycles. The molecule has 0 aliphatic heterocycles. The SMILES string of the molecule is CC(C)N(CCOc1c(N)cnc2ccccc12)C(C)C. The third-order valence-electron chi connectivity index (χ3n) is 3.68. The number of hydrogen-bond donors (Lipinski definition) is 1. The largest absolute Gasteiger partial charge is 0.489 e. The molecule has 4 nitrogen and oxygen atoms in total. The number of pyridine rings is 1. The van der Waals surface area contributed by atoms with Crippen molar-refractivity contribution in [3.8, 4) is 5.75 Å². The van der Waals surface area contributed by atoms with Crippen LogP contribution in [0.2, 0.25) is 0 Å². The maximum atomic E-state index is 6.02. The van der Waals surface area contributed by atoms with Crippen LogP contribution in [0.5, 0.6) is 5.75 Å². The van der Waals surface area contributed by atoms with E-state index in [1.807, 2.05) is 24.3 Å². The molecule has 1 aromatic heterocycles. The Morgan fingerprint density at radius 1 is 1.14 bits per heavy atom. The lowest BCUT2D eigenvalue weighted by atomic mass is 10.2. The third-order valence-corrected chi connectivity index (χ3v) is 3.68. The van der Waals surface area contributed by atoms with Crippen molar-refractivity contribution in [3.63, 3.8) is 0 Å². The van der Waals surface area contributed by atoms with Crippen LogP contribution in [0.1, 0.15) is 27.7 Å². The maximum Gasteiger partial charge on any atom is 0.153 e. The second kappa shape index (κ2) is 6.76. The summed E-state index contributed by atoms with van der Waals surface area (Å²) in [5, 5.41) is 0.971. The van der Waals surface area contributed by atoms with E-state index in [4.69, 9.17) is 10.5 Å². The average Bonchev–Trinajstić information content (AvgIpc) is 2.44. The van der Waals surface area contributed by atoms with Crippen molar-refractivity contribution in [2.75, 3.05) is 18.9 Å². The number of aromatic nitrogens is 1. The van der Waals surface area contributed by atoms with Crippen LogP contribution in [0, 0.1) is 0 Å². The second-order valence-corrected chi connectivity index (χ2v) is 5.83. The highest BCUT2D eigenvalue weighted by molar-refractivity contribution is 5.89. The van der Waals surface area contributed by atoms with Crippen molar-refractivity contribution < 1.29 is 4.74 Å². The van der Waals surface area contributed by atoms with Gasteiger partial charge in [-0.1, -0.05) is 12.1 Å². The van der Waals surface area contributed by atoms with Crippen molar-refractivity contribution in [1.82, 2.24) is 9.88 Å². The molecule has 0 fully saturated rings. The normalized spacial score (nSPS) is 11.8. The first-order chi connectivity index (χ1) is 10.0. The Labute approximate surface area is 126 Å². The van der Waals surface area contributed by atoms with Gasteiger partial charge in [-0.15, -0.1) is 0 Å². The van der Waals surface area contributed by atoms with Crippen LogP contribution in [0.25, 0.3) is 10.9 Å². The smallest absolute Gasteiger partial charge is 0.153 e. The first-order valence-electron chi connectivity index (χ1n) is 7.52. The summed E-state index contributed by atoms with van der Waals surface area (Å²) in [6.07, 6.45) is 1.67. The van der Waals surface area contributed by atoms with Crippen molar-refractivity contribution in [2.24, 2.45) is 0 Å². The minimum Gasteiger partial charge on any atom is -0.489 e. The van der Waals surface area contributed by atoms with Gasteiger partial charge in [-0.2, -0.15) is 0 Å². The van der Waals surface area contributed by atoms with Gasteiger partial charge in [0.05, 0.1) is 17.4 Å². The topological polar surface area (TPSA) is 51.4 Å². The van der Waals surface area contributed by atoms with E-state index in [0.717, 1.165) is 23.2 Å². The molecule has 114 valence electrons. The van der Waals surface area contributed by atoms with Gasteiger partial charge in [-0.3, -0.25) is 9.88 Å². The average molecular weight is 287 g/mol. The number of benzene rings is 1. The molecule has 0 atom stereocenters. The summed E-state index contributed by atoms with van der Waals surface area (Å²) in [5.41, 5.74) is 7.52. The first-order valence-corrected chi connectivity index (χ1v) is 7.52. The van der Waals surface area contributed by atoms with Gasteiger partial charge in [-0.25, -0.2) is 0 Å². The molecule has 0 unspecified atom stereocenters. The molecule has 1 heterocycles. The van der Waals surface area contributed by atoms with Gasteiger partial charge in [0.15, 0.2) is 5.75 Å². The highest BCUT2D eigenvalue weighted by Gasteiger charge is 2.14. The molecule has 21 heavy (non-hydrogen) atoms. The number of fused-ring (bicyclic) bond motifs is 1. The molecule has 2 N–H and O–H groups in total. The Kier molecular flexibility index (Phi) is 5.02. The van der Waals surface area contributed by atoms with Gasteiger partial charge < -0.3 is 10.5 Å². The molecule has 4 heteroatoms. The number of rotatable bonds is 6. The second-order valence-electron chi connectivity index (χ2n) is 5.83. The quantitative estimate of drug-likeness (QED) is 0.885. The Hall–Kier alpha value is -1.81. The van der Waals surface area contributed by atoms with Gasteiger partial charge in [0.25, 0.3) is 0 Å². The van der Waals surface area contributed by atoms with E-state index in [0.29, 0.717) is 24.4 Å². The van der Waals surface area contributed by atoms with E-state index in [9.17, 15) is 0 Å². The number of nitrogens with two attached hydrogens (primary N) is 1. The van der Waals surface area contributed by atoms with Crippen LogP contribution < -0.4 is 10.5 Å². The highest BCUT2D eigenvalue weighted by Crippen LogP contribution is 2.29. The molecule has 0 saturated heterocycles. The summed E-state index contributed by atoms with van der Waals surface area (Å²) >= 11 is 0. The van der Waals surface area contributed by atoms with E-state index in [-0.39, 0.29) is 0 Å². The molecule has 0 radical (unpaired) electrons. The molecule has 0 spiro atoms. The third kappa shape index (κ3) is 3.64. The van der Waals surface area contributed by atoms with Crippen LogP contribution >= 0.6 is 0 Å². The van der Waals surface area contributed by atoms with Crippen molar-refractivity contribution in [1.29, 1.82) is 0 Å². The Morgan fingerprint density at radius 3 is 2.48 bits per heavy atom. The predicted molar refractivity (Wildman–Crippen MR) is 88.6 cm³/mol. The molecule has 0 aliphatic rings. The predicted octanol–water partition coefficient (Wildman–Crippen LogP) is 3.31. The Bertz CT molecular complexity index is 588. The highest BCUT2D eigenvalue weighted by atomic mass is 16.5. The van der Waals surface area contributed by atoms with E-state index in [2.05, 4.69) is 37.6 Å². The zero-order valence-corrected chi connectivity index (χ0v) is 13.3. The molecular formula is C17H25N3O. The van der Waals surface area contributed by atoms with Crippen molar-refractivity contribution >= 4 is 16.6 Å². The number of ether oxygens (including phenoxy) is 1. The van der Waals surface area contributed by atoms with E-state index in [1.165, 1.54) is 0 Å².